The highest BCUT2D eigenvalue weighted by molar-refractivity contribution is 5.85. The van der Waals surface area contributed by atoms with Crippen molar-refractivity contribution < 1.29 is 18.7 Å². The van der Waals surface area contributed by atoms with Gasteiger partial charge in [0.2, 0.25) is 0 Å². The van der Waals surface area contributed by atoms with E-state index in [9.17, 15) is 9.18 Å². The van der Waals surface area contributed by atoms with Crippen molar-refractivity contribution in [2.24, 2.45) is 0 Å². The molecule has 0 aromatic heterocycles. The number of halogens is 1. The number of nitrogens with zero attached hydrogens (tertiary/aromatic N) is 1. The van der Waals surface area contributed by atoms with Crippen molar-refractivity contribution >= 4 is 5.97 Å². The molecule has 3 aromatic rings. The Morgan fingerprint density at radius 2 is 1.73 bits per heavy atom. The lowest BCUT2D eigenvalue weighted by molar-refractivity contribution is -0.164. The molecule has 5 heteroatoms. The Morgan fingerprint density at radius 1 is 1.03 bits per heavy atom. The van der Waals surface area contributed by atoms with Crippen molar-refractivity contribution in [1.29, 1.82) is 0 Å². The largest absolute Gasteiger partial charge is 0.467 e. The molecule has 1 atom stereocenters. The summed E-state index contributed by atoms with van der Waals surface area (Å²) in [6, 6.07) is 15.3. The van der Waals surface area contributed by atoms with E-state index in [0.29, 0.717) is 6.54 Å². The minimum absolute atomic E-state index is 0.216. The third-order valence-corrected chi connectivity index (χ3v) is 7.16. The Bertz CT molecular complexity index is 1290. The molecule has 3 aromatic carbocycles. The van der Waals surface area contributed by atoms with Crippen molar-refractivity contribution in [3.05, 3.63) is 93.3 Å². The van der Waals surface area contributed by atoms with Crippen molar-refractivity contribution in [3.8, 4) is 11.1 Å². The summed E-state index contributed by atoms with van der Waals surface area (Å²) < 4.78 is 25.5. The number of rotatable bonds is 6. The summed E-state index contributed by atoms with van der Waals surface area (Å²) in [5, 5.41) is 0. The van der Waals surface area contributed by atoms with Gasteiger partial charge in [0.1, 0.15) is 5.82 Å². The number of hydrogen-bond donors (Lipinski definition) is 0. The quantitative estimate of drug-likeness (QED) is 0.339. The molecule has 1 heterocycles. The van der Waals surface area contributed by atoms with Crippen LogP contribution in [0, 0.1) is 26.6 Å². The average Bonchev–Trinajstić information content (AvgIpc) is 2.84. The first-order valence-electron chi connectivity index (χ1n) is 12.9. The van der Waals surface area contributed by atoms with Crippen molar-refractivity contribution in [2.45, 2.75) is 72.8 Å². The first-order chi connectivity index (χ1) is 17.5. The molecule has 37 heavy (non-hydrogen) atoms. The van der Waals surface area contributed by atoms with Crippen LogP contribution in [-0.2, 0) is 33.8 Å². The minimum Gasteiger partial charge on any atom is -0.467 e. The monoisotopic (exact) mass is 503 g/mol. The Labute approximate surface area is 220 Å². The van der Waals surface area contributed by atoms with Gasteiger partial charge in [0.15, 0.2) is 6.10 Å². The van der Waals surface area contributed by atoms with Gasteiger partial charge < -0.3 is 9.47 Å². The summed E-state index contributed by atoms with van der Waals surface area (Å²) in [5.74, 6) is -0.620. The standard InChI is InChI=1S/C32H38FNO3/c1-20-11-13-24(14-12-20)28-21(2)26-15-16-34(18-23-9-8-10-25(33)17-23)19-27(26)22(3)29(28)30(31(35)36-7)37-32(4,5)6/h8-14,17,30H,15-16,18-19H2,1-7H3. The molecule has 0 spiro atoms. The Morgan fingerprint density at radius 3 is 2.35 bits per heavy atom. The fraction of sp³-hybridized carbons (Fsp3) is 0.406. The average molecular weight is 504 g/mol. The summed E-state index contributed by atoms with van der Waals surface area (Å²) in [6.07, 6.45) is 0.0309. The highest BCUT2D eigenvalue weighted by atomic mass is 19.1. The van der Waals surface area contributed by atoms with Crippen LogP contribution in [0.15, 0.2) is 48.5 Å². The smallest absolute Gasteiger partial charge is 0.339 e. The van der Waals surface area contributed by atoms with E-state index >= 15 is 0 Å². The molecule has 0 bridgehead atoms. The SMILES string of the molecule is COC(=O)C(OC(C)(C)C)c1c(C)c2c(c(C)c1-c1ccc(C)cc1)CCN(Cc1cccc(F)c1)C2. The van der Waals surface area contributed by atoms with Gasteiger partial charge in [-0.15, -0.1) is 0 Å². The van der Waals surface area contributed by atoms with Crippen LogP contribution in [0.5, 0.6) is 0 Å². The molecule has 0 radical (unpaired) electrons. The summed E-state index contributed by atoms with van der Waals surface area (Å²) >= 11 is 0. The lowest BCUT2D eigenvalue weighted by Crippen LogP contribution is -2.33. The van der Waals surface area contributed by atoms with Crippen LogP contribution in [0.2, 0.25) is 0 Å². The summed E-state index contributed by atoms with van der Waals surface area (Å²) in [5.41, 5.74) is 9.35. The fourth-order valence-corrected chi connectivity index (χ4v) is 5.41. The van der Waals surface area contributed by atoms with E-state index < -0.39 is 17.7 Å². The molecule has 1 unspecified atom stereocenters. The van der Waals surface area contributed by atoms with E-state index in [2.05, 4.69) is 49.9 Å². The van der Waals surface area contributed by atoms with Gasteiger partial charge in [0.25, 0.3) is 0 Å². The number of esters is 1. The second-order valence-electron chi connectivity index (χ2n) is 11.1. The Balaban J connectivity index is 1.87. The van der Waals surface area contributed by atoms with E-state index in [1.165, 1.54) is 35.4 Å². The molecule has 4 rings (SSSR count). The molecule has 0 saturated carbocycles. The number of carbonyl (C=O) groups excluding carboxylic acids is 1. The van der Waals surface area contributed by atoms with Crippen molar-refractivity contribution in [3.63, 3.8) is 0 Å². The van der Waals surface area contributed by atoms with E-state index in [-0.39, 0.29) is 5.82 Å². The van der Waals surface area contributed by atoms with Gasteiger partial charge in [-0.1, -0.05) is 42.0 Å². The molecule has 4 nitrogen and oxygen atoms in total. The highest BCUT2D eigenvalue weighted by Gasteiger charge is 2.35. The molecule has 0 amide bonds. The molecule has 0 fully saturated rings. The number of aryl methyl sites for hydroxylation is 1. The number of carbonyl (C=O) groups is 1. The number of methoxy groups -OCH3 is 1. The fourth-order valence-electron chi connectivity index (χ4n) is 5.41. The first-order valence-corrected chi connectivity index (χ1v) is 12.9. The minimum atomic E-state index is -0.858. The maximum atomic E-state index is 13.8. The van der Waals surface area contributed by atoms with Crippen LogP contribution in [0.25, 0.3) is 11.1 Å². The zero-order valence-electron chi connectivity index (χ0n) is 23.1. The summed E-state index contributed by atoms with van der Waals surface area (Å²) in [7, 11) is 1.41. The van der Waals surface area contributed by atoms with E-state index in [4.69, 9.17) is 9.47 Å². The van der Waals surface area contributed by atoms with Crippen LogP contribution in [0.1, 0.15) is 65.8 Å². The molecule has 1 aliphatic rings. The van der Waals surface area contributed by atoms with Crippen LogP contribution in [0.4, 0.5) is 4.39 Å². The predicted octanol–water partition coefficient (Wildman–Crippen LogP) is 7.01. The van der Waals surface area contributed by atoms with Crippen LogP contribution in [-0.4, -0.2) is 30.1 Å². The maximum absolute atomic E-state index is 13.8. The van der Waals surface area contributed by atoms with Crippen LogP contribution < -0.4 is 0 Å². The Hall–Kier alpha value is -3.02. The zero-order chi connectivity index (χ0) is 26.9. The molecule has 0 saturated heterocycles. The van der Waals surface area contributed by atoms with Gasteiger partial charge in [-0.25, -0.2) is 9.18 Å². The molecular weight excluding hydrogens is 465 g/mol. The molecular formula is C32H38FNO3. The molecule has 0 aliphatic carbocycles. The molecule has 196 valence electrons. The number of hydrogen-bond acceptors (Lipinski definition) is 4. The zero-order valence-corrected chi connectivity index (χ0v) is 23.1. The lowest BCUT2D eigenvalue weighted by Gasteiger charge is -2.35. The van der Waals surface area contributed by atoms with Crippen LogP contribution in [0.3, 0.4) is 0 Å². The molecule has 0 N–H and O–H groups in total. The first kappa shape index (κ1) is 27.0. The topological polar surface area (TPSA) is 38.8 Å². The van der Waals surface area contributed by atoms with Gasteiger partial charge in [0.05, 0.1) is 12.7 Å². The third-order valence-electron chi connectivity index (χ3n) is 7.16. The van der Waals surface area contributed by atoms with Crippen molar-refractivity contribution in [2.75, 3.05) is 13.7 Å². The van der Waals surface area contributed by atoms with Gasteiger partial charge in [-0.05, 0) is 99.0 Å². The number of fused-ring (bicyclic) bond motifs is 1. The highest BCUT2D eigenvalue weighted by Crippen LogP contribution is 2.43. The third kappa shape index (κ3) is 5.94. The second kappa shape index (κ2) is 10.8. The normalized spacial score (nSPS) is 14.8. The number of benzene rings is 3. The van der Waals surface area contributed by atoms with Gasteiger partial charge in [0, 0.05) is 25.2 Å². The maximum Gasteiger partial charge on any atom is 0.339 e. The Kier molecular flexibility index (Phi) is 7.86. The second-order valence-corrected chi connectivity index (χ2v) is 11.1. The lowest BCUT2D eigenvalue weighted by atomic mass is 9.80. The van der Waals surface area contributed by atoms with E-state index in [1.54, 1.807) is 12.1 Å². The summed E-state index contributed by atoms with van der Waals surface area (Å²) in [6.45, 7) is 14.5. The van der Waals surface area contributed by atoms with Gasteiger partial charge in [-0.2, -0.15) is 0 Å². The summed E-state index contributed by atoms with van der Waals surface area (Å²) in [4.78, 5) is 15.5. The van der Waals surface area contributed by atoms with Gasteiger partial charge in [-0.3, -0.25) is 4.90 Å². The predicted molar refractivity (Wildman–Crippen MR) is 146 cm³/mol. The van der Waals surface area contributed by atoms with Crippen molar-refractivity contribution in [1.82, 2.24) is 4.90 Å². The van der Waals surface area contributed by atoms with E-state index in [0.717, 1.165) is 47.3 Å². The van der Waals surface area contributed by atoms with Crippen LogP contribution >= 0.6 is 0 Å². The van der Waals surface area contributed by atoms with E-state index in [1.807, 2.05) is 26.8 Å². The van der Waals surface area contributed by atoms with Gasteiger partial charge >= 0.3 is 5.97 Å². The molecule has 1 aliphatic heterocycles. The number of ether oxygens (including phenoxy) is 2.